The molecule has 0 spiro atoms. The minimum atomic E-state index is -0.0754. The van der Waals surface area contributed by atoms with Gasteiger partial charge >= 0.3 is 0 Å². The van der Waals surface area contributed by atoms with Crippen molar-refractivity contribution in [3.63, 3.8) is 0 Å². The van der Waals surface area contributed by atoms with Crippen molar-refractivity contribution >= 4 is 18.2 Å². The number of carbonyl (C=O) groups is 3. The van der Waals surface area contributed by atoms with E-state index in [9.17, 15) is 14.4 Å². The zero-order chi connectivity index (χ0) is 14.4. The first-order chi connectivity index (χ1) is 8.93. The van der Waals surface area contributed by atoms with E-state index in [1.807, 2.05) is 13.8 Å². The highest BCUT2D eigenvalue weighted by Crippen LogP contribution is 2.04. The van der Waals surface area contributed by atoms with Gasteiger partial charge in [-0.2, -0.15) is 0 Å². The van der Waals surface area contributed by atoms with Crippen LogP contribution in [0.1, 0.15) is 20.8 Å². The van der Waals surface area contributed by atoms with Gasteiger partial charge in [-0.25, -0.2) is 0 Å². The van der Waals surface area contributed by atoms with Gasteiger partial charge in [0.25, 0.3) is 0 Å². The van der Waals surface area contributed by atoms with Crippen LogP contribution in [-0.2, 0) is 14.4 Å². The van der Waals surface area contributed by atoms with Crippen LogP contribution in [0.15, 0.2) is 0 Å². The molecule has 6 heteroatoms. The van der Waals surface area contributed by atoms with E-state index in [4.69, 9.17) is 0 Å². The molecule has 0 aromatic rings. The van der Waals surface area contributed by atoms with Crippen molar-refractivity contribution in [2.45, 2.75) is 20.8 Å². The Balaban J connectivity index is 2.48. The molecule has 3 amide bonds. The van der Waals surface area contributed by atoms with Gasteiger partial charge in [-0.1, -0.05) is 13.8 Å². The lowest BCUT2D eigenvalue weighted by molar-refractivity contribution is -0.141. The molecule has 0 radical (unpaired) electrons. The molecule has 0 unspecified atom stereocenters. The van der Waals surface area contributed by atoms with Crippen LogP contribution >= 0.6 is 0 Å². The molecule has 1 aliphatic rings. The van der Waals surface area contributed by atoms with Crippen molar-refractivity contribution in [1.82, 2.24) is 14.7 Å². The van der Waals surface area contributed by atoms with Gasteiger partial charge in [-0.3, -0.25) is 14.4 Å². The van der Waals surface area contributed by atoms with Crippen molar-refractivity contribution in [2.75, 3.05) is 39.3 Å². The first-order valence-electron chi connectivity index (χ1n) is 6.66. The van der Waals surface area contributed by atoms with Crippen molar-refractivity contribution < 1.29 is 14.4 Å². The molecule has 1 heterocycles. The second kappa shape index (κ2) is 7.11. The summed E-state index contributed by atoms with van der Waals surface area (Å²) in [6.07, 6.45) is 0.808. The van der Waals surface area contributed by atoms with E-state index < -0.39 is 0 Å². The summed E-state index contributed by atoms with van der Waals surface area (Å²) in [5.41, 5.74) is 0. The van der Waals surface area contributed by atoms with Gasteiger partial charge < -0.3 is 14.7 Å². The fraction of sp³-hybridized carbons (Fsp3) is 0.769. The average Bonchev–Trinajstić information content (AvgIpc) is 2.37. The van der Waals surface area contributed by atoms with E-state index >= 15 is 0 Å². The Bertz CT molecular complexity index is 336. The molecule has 0 N–H and O–H groups in total. The van der Waals surface area contributed by atoms with Crippen LogP contribution in [0, 0.1) is 5.92 Å². The van der Waals surface area contributed by atoms with Gasteiger partial charge in [0.2, 0.25) is 18.2 Å². The largest absolute Gasteiger partial charge is 0.342 e. The summed E-state index contributed by atoms with van der Waals surface area (Å²) in [7, 11) is 0. The second-order valence-corrected chi connectivity index (χ2v) is 5.32. The molecule has 19 heavy (non-hydrogen) atoms. The lowest BCUT2D eigenvalue weighted by Gasteiger charge is -2.34. The summed E-state index contributed by atoms with van der Waals surface area (Å²) in [5, 5.41) is 0. The van der Waals surface area contributed by atoms with E-state index in [-0.39, 0.29) is 18.4 Å². The van der Waals surface area contributed by atoms with Crippen molar-refractivity contribution in [1.29, 1.82) is 0 Å². The van der Waals surface area contributed by atoms with Gasteiger partial charge in [0, 0.05) is 39.6 Å². The van der Waals surface area contributed by atoms with E-state index in [1.54, 1.807) is 14.7 Å². The van der Waals surface area contributed by atoms with Gasteiger partial charge in [-0.15, -0.1) is 0 Å². The van der Waals surface area contributed by atoms with E-state index in [2.05, 4.69) is 0 Å². The van der Waals surface area contributed by atoms with Crippen molar-refractivity contribution in [2.24, 2.45) is 5.92 Å². The average molecular weight is 269 g/mol. The smallest absolute Gasteiger partial charge is 0.242 e. The molecular formula is C13H23N3O3. The molecular weight excluding hydrogens is 246 g/mol. The highest BCUT2D eigenvalue weighted by Gasteiger charge is 2.23. The van der Waals surface area contributed by atoms with Crippen molar-refractivity contribution in [3.8, 4) is 0 Å². The topological polar surface area (TPSA) is 60.9 Å². The highest BCUT2D eigenvalue weighted by atomic mass is 16.2. The molecule has 1 fully saturated rings. The first kappa shape index (κ1) is 15.5. The second-order valence-electron chi connectivity index (χ2n) is 5.32. The summed E-state index contributed by atoms with van der Waals surface area (Å²) < 4.78 is 0. The van der Waals surface area contributed by atoms with Crippen LogP contribution in [0.5, 0.6) is 0 Å². The predicted molar refractivity (Wildman–Crippen MR) is 71.3 cm³/mol. The maximum absolute atomic E-state index is 12.1. The maximum atomic E-state index is 12.1. The summed E-state index contributed by atoms with van der Waals surface area (Å²) in [5.74, 6) is 0.221. The van der Waals surface area contributed by atoms with Gasteiger partial charge in [-0.05, 0) is 5.92 Å². The van der Waals surface area contributed by atoms with Crippen LogP contribution in [0.3, 0.4) is 0 Å². The molecule has 0 atom stereocenters. The molecule has 0 aromatic heterocycles. The molecule has 6 nitrogen and oxygen atoms in total. The Morgan fingerprint density at radius 1 is 1.21 bits per heavy atom. The molecule has 1 rings (SSSR count). The molecule has 1 saturated heterocycles. The van der Waals surface area contributed by atoms with E-state index in [0.717, 1.165) is 6.41 Å². The molecule has 0 aromatic carbocycles. The SMILES string of the molecule is CC(=O)N(CC(=O)N1CCN(C=O)CC1)CC(C)C. The number of hydrogen-bond donors (Lipinski definition) is 0. The monoisotopic (exact) mass is 269 g/mol. The molecule has 0 saturated carbocycles. The Kier molecular flexibility index (Phi) is 5.79. The standard InChI is InChI=1S/C13H23N3O3/c1-11(2)8-16(12(3)18)9-13(19)15-6-4-14(10-17)5-7-15/h10-11H,4-9H2,1-3H3. The van der Waals surface area contributed by atoms with Crippen LogP contribution < -0.4 is 0 Å². The number of nitrogens with zero attached hydrogens (tertiary/aromatic N) is 3. The van der Waals surface area contributed by atoms with Crippen molar-refractivity contribution in [3.05, 3.63) is 0 Å². The van der Waals surface area contributed by atoms with Crippen LogP contribution in [0.4, 0.5) is 0 Å². The van der Waals surface area contributed by atoms with Gasteiger partial charge in [0.1, 0.15) is 0 Å². The third-order valence-corrected chi connectivity index (χ3v) is 3.17. The van der Waals surface area contributed by atoms with Crippen LogP contribution in [0.25, 0.3) is 0 Å². The quantitative estimate of drug-likeness (QED) is 0.649. The lowest BCUT2D eigenvalue weighted by Crippen LogP contribution is -2.51. The molecule has 0 aliphatic carbocycles. The predicted octanol–water partition coefficient (Wildman–Crippen LogP) is -0.208. The minimum absolute atomic E-state index is 0.0404. The summed E-state index contributed by atoms with van der Waals surface area (Å²) in [6.45, 7) is 8.48. The normalized spacial score (nSPS) is 15.6. The maximum Gasteiger partial charge on any atom is 0.242 e. The Morgan fingerprint density at radius 2 is 1.79 bits per heavy atom. The first-order valence-corrected chi connectivity index (χ1v) is 6.66. The molecule has 0 bridgehead atoms. The Labute approximate surface area is 114 Å². The van der Waals surface area contributed by atoms with E-state index in [0.29, 0.717) is 38.6 Å². The third kappa shape index (κ3) is 4.89. The number of rotatable bonds is 5. The zero-order valence-electron chi connectivity index (χ0n) is 12.0. The zero-order valence-corrected chi connectivity index (χ0v) is 12.0. The fourth-order valence-corrected chi connectivity index (χ4v) is 2.09. The number of amides is 3. The molecule has 1 aliphatic heterocycles. The molecule has 108 valence electrons. The van der Waals surface area contributed by atoms with E-state index in [1.165, 1.54) is 6.92 Å². The minimum Gasteiger partial charge on any atom is -0.342 e. The Morgan fingerprint density at radius 3 is 2.21 bits per heavy atom. The summed E-state index contributed by atoms with van der Waals surface area (Å²) >= 11 is 0. The number of hydrogen-bond acceptors (Lipinski definition) is 3. The summed E-state index contributed by atoms with van der Waals surface area (Å²) in [4.78, 5) is 39.2. The van der Waals surface area contributed by atoms with Gasteiger partial charge in [0.15, 0.2) is 0 Å². The Hall–Kier alpha value is -1.59. The third-order valence-electron chi connectivity index (χ3n) is 3.17. The fourth-order valence-electron chi connectivity index (χ4n) is 2.09. The lowest BCUT2D eigenvalue weighted by atomic mass is 10.2. The van der Waals surface area contributed by atoms with Crippen LogP contribution in [0.2, 0.25) is 0 Å². The highest BCUT2D eigenvalue weighted by molar-refractivity contribution is 5.84. The van der Waals surface area contributed by atoms with Crippen LogP contribution in [-0.4, -0.2) is 72.2 Å². The number of piperazine rings is 1. The number of carbonyl (C=O) groups excluding carboxylic acids is 3. The summed E-state index contributed by atoms with van der Waals surface area (Å²) in [6, 6.07) is 0. The van der Waals surface area contributed by atoms with Gasteiger partial charge in [0.05, 0.1) is 6.54 Å².